The van der Waals surface area contributed by atoms with Crippen LogP contribution in [-0.4, -0.2) is 54.6 Å². The van der Waals surface area contributed by atoms with Crippen LogP contribution in [0.25, 0.3) is 0 Å². The molecule has 0 unspecified atom stereocenters. The maximum absolute atomic E-state index is 12.4. The van der Waals surface area contributed by atoms with Crippen LogP contribution < -0.4 is 10.2 Å². The quantitative estimate of drug-likeness (QED) is 0.923. The number of rotatable bonds is 4. The summed E-state index contributed by atoms with van der Waals surface area (Å²) in [6, 6.07) is 2.34. The Bertz CT molecular complexity index is 505. The van der Waals surface area contributed by atoms with Crippen molar-refractivity contribution in [3.8, 4) is 0 Å². The number of hydrogen-bond acceptors (Lipinski definition) is 4. The second-order valence-electron chi connectivity index (χ2n) is 6.31. The average Bonchev–Trinajstić information content (AvgIpc) is 3.08. The predicted molar refractivity (Wildman–Crippen MR) is 88.3 cm³/mol. The topological polar surface area (TPSA) is 48.5 Å². The highest BCUT2D eigenvalue weighted by Crippen LogP contribution is 2.20. The van der Waals surface area contributed by atoms with E-state index in [0.29, 0.717) is 11.6 Å². The van der Waals surface area contributed by atoms with Gasteiger partial charge in [-0.2, -0.15) is 0 Å². The fraction of sp³-hybridized carbons (Fsp3) is 0.647. The molecule has 0 spiro atoms. The number of aromatic nitrogens is 1. The maximum Gasteiger partial charge on any atom is 0.253 e. The molecule has 1 amide bonds. The van der Waals surface area contributed by atoms with Gasteiger partial charge in [0.05, 0.1) is 17.4 Å². The number of piperazine rings is 1. The van der Waals surface area contributed by atoms with Crippen LogP contribution >= 0.6 is 0 Å². The molecule has 0 bridgehead atoms. The molecule has 1 saturated carbocycles. The van der Waals surface area contributed by atoms with Gasteiger partial charge in [0.1, 0.15) is 0 Å². The molecule has 120 valence electrons. The minimum Gasteiger partial charge on any atom is -0.368 e. The molecule has 5 heteroatoms. The summed E-state index contributed by atoms with van der Waals surface area (Å²) in [6.07, 6.45) is 8.22. The van der Waals surface area contributed by atoms with E-state index in [2.05, 4.69) is 27.0 Å². The summed E-state index contributed by atoms with van der Waals surface area (Å²) in [7, 11) is 0. The third kappa shape index (κ3) is 3.58. The summed E-state index contributed by atoms with van der Waals surface area (Å²) in [5.74, 6) is 0.0217. The molecule has 0 atom stereocenters. The molecule has 2 fully saturated rings. The lowest BCUT2D eigenvalue weighted by molar-refractivity contribution is 0.0937. The lowest BCUT2D eigenvalue weighted by atomic mass is 10.2. The Morgan fingerprint density at radius 1 is 1.23 bits per heavy atom. The van der Waals surface area contributed by atoms with Crippen molar-refractivity contribution in [2.45, 2.75) is 38.6 Å². The average molecular weight is 302 g/mol. The number of carbonyl (C=O) groups excluding carboxylic acids is 1. The first-order chi connectivity index (χ1) is 10.8. The monoisotopic (exact) mass is 302 g/mol. The van der Waals surface area contributed by atoms with Crippen LogP contribution in [0.15, 0.2) is 18.5 Å². The number of nitrogens with one attached hydrogen (secondary N) is 1. The first-order valence-electron chi connectivity index (χ1n) is 8.49. The van der Waals surface area contributed by atoms with Gasteiger partial charge < -0.3 is 15.1 Å². The smallest absolute Gasteiger partial charge is 0.253 e. The molecule has 2 aliphatic rings. The van der Waals surface area contributed by atoms with Crippen molar-refractivity contribution < 1.29 is 4.79 Å². The minimum absolute atomic E-state index is 0.0217. The number of carbonyl (C=O) groups is 1. The highest BCUT2D eigenvalue weighted by molar-refractivity contribution is 5.95. The standard InChI is InChI=1S/C17H26N4O/c1-2-20-7-9-21(10-8-20)16-11-14(12-18-13-16)17(22)19-15-5-3-4-6-15/h11-13,15H,2-10H2,1H3,(H,19,22). The first kappa shape index (κ1) is 15.3. The lowest BCUT2D eigenvalue weighted by Crippen LogP contribution is -2.46. The molecule has 1 aromatic rings. The van der Waals surface area contributed by atoms with Crippen LogP contribution in [0.1, 0.15) is 43.0 Å². The Hall–Kier alpha value is -1.62. The largest absolute Gasteiger partial charge is 0.368 e. The van der Waals surface area contributed by atoms with Gasteiger partial charge in [-0.1, -0.05) is 19.8 Å². The summed E-state index contributed by atoms with van der Waals surface area (Å²) >= 11 is 0. The van der Waals surface area contributed by atoms with E-state index in [1.54, 1.807) is 6.20 Å². The van der Waals surface area contributed by atoms with Gasteiger partial charge in [-0.3, -0.25) is 9.78 Å². The number of amides is 1. The van der Waals surface area contributed by atoms with E-state index in [1.807, 2.05) is 12.3 Å². The molecule has 1 aromatic heterocycles. The molecule has 0 radical (unpaired) electrons. The Morgan fingerprint density at radius 2 is 1.95 bits per heavy atom. The van der Waals surface area contributed by atoms with Gasteiger partial charge >= 0.3 is 0 Å². The van der Waals surface area contributed by atoms with Crippen LogP contribution in [-0.2, 0) is 0 Å². The van der Waals surface area contributed by atoms with Crippen LogP contribution in [0.5, 0.6) is 0 Å². The van der Waals surface area contributed by atoms with Gasteiger partial charge in [0.15, 0.2) is 0 Å². The Balaban J connectivity index is 1.63. The third-order valence-corrected chi connectivity index (χ3v) is 4.86. The Labute approximate surface area is 132 Å². The molecule has 1 saturated heterocycles. The van der Waals surface area contributed by atoms with E-state index in [-0.39, 0.29) is 5.91 Å². The first-order valence-corrected chi connectivity index (χ1v) is 8.49. The van der Waals surface area contributed by atoms with Crippen molar-refractivity contribution in [3.63, 3.8) is 0 Å². The van der Waals surface area contributed by atoms with Gasteiger partial charge in [0.2, 0.25) is 0 Å². The second-order valence-corrected chi connectivity index (χ2v) is 6.31. The zero-order chi connectivity index (χ0) is 15.4. The molecular weight excluding hydrogens is 276 g/mol. The van der Waals surface area contributed by atoms with Crippen molar-refractivity contribution in [3.05, 3.63) is 24.0 Å². The molecular formula is C17H26N4O. The number of pyridine rings is 1. The van der Waals surface area contributed by atoms with E-state index >= 15 is 0 Å². The highest BCUT2D eigenvalue weighted by Gasteiger charge is 2.20. The molecule has 1 aliphatic heterocycles. The number of likely N-dealkylation sites (N-methyl/N-ethyl adjacent to an activating group) is 1. The van der Waals surface area contributed by atoms with E-state index in [0.717, 1.165) is 51.3 Å². The van der Waals surface area contributed by atoms with Crippen molar-refractivity contribution in [2.24, 2.45) is 0 Å². The van der Waals surface area contributed by atoms with Gasteiger partial charge in [0, 0.05) is 38.4 Å². The normalized spacial score (nSPS) is 20.3. The molecule has 1 aliphatic carbocycles. The third-order valence-electron chi connectivity index (χ3n) is 4.86. The molecule has 0 aromatic carbocycles. The number of hydrogen-bond donors (Lipinski definition) is 1. The zero-order valence-electron chi connectivity index (χ0n) is 13.4. The Morgan fingerprint density at radius 3 is 2.64 bits per heavy atom. The minimum atomic E-state index is 0.0217. The Kier molecular flexibility index (Phi) is 4.93. The van der Waals surface area contributed by atoms with Crippen LogP contribution in [0.2, 0.25) is 0 Å². The van der Waals surface area contributed by atoms with Crippen molar-refractivity contribution in [1.29, 1.82) is 0 Å². The van der Waals surface area contributed by atoms with E-state index in [9.17, 15) is 4.79 Å². The molecule has 5 nitrogen and oxygen atoms in total. The van der Waals surface area contributed by atoms with Crippen LogP contribution in [0, 0.1) is 0 Å². The summed E-state index contributed by atoms with van der Waals surface area (Å²) in [6.45, 7) is 7.47. The second kappa shape index (κ2) is 7.09. The molecule has 2 heterocycles. The fourth-order valence-corrected chi connectivity index (χ4v) is 3.39. The molecule has 1 N–H and O–H groups in total. The number of nitrogens with zero attached hydrogens (tertiary/aromatic N) is 3. The summed E-state index contributed by atoms with van der Waals surface area (Å²) in [5, 5.41) is 3.14. The van der Waals surface area contributed by atoms with E-state index in [4.69, 9.17) is 0 Å². The van der Waals surface area contributed by atoms with Crippen molar-refractivity contribution >= 4 is 11.6 Å². The van der Waals surface area contributed by atoms with Gasteiger partial charge in [-0.25, -0.2) is 0 Å². The fourth-order valence-electron chi connectivity index (χ4n) is 3.39. The molecule has 22 heavy (non-hydrogen) atoms. The SMILES string of the molecule is CCN1CCN(c2cncc(C(=O)NC3CCCC3)c2)CC1. The maximum atomic E-state index is 12.4. The van der Waals surface area contributed by atoms with Gasteiger partial charge in [0.25, 0.3) is 5.91 Å². The van der Waals surface area contributed by atoms with Crippen molar-refractivity contribution in [1.82, 2.24) is 15.2 Å². The van der Waals surface area contributed by atoms with Crippen molar-refractivity contribution in [2.75, 3.05) is 37.6 Å². The van der Waals surface area contributed by atoms with E-state index in [1.165, 1.54) is 12.8 Å². The zero-order valence-corrected chi connectivity index (χ0v) is 13.4. The summed E-state index contributed by atoms with van der Waals surface area (Å²) in [5.41, 5.74) is 1.75. The van der Waals surface area contributed by atoms with E-state index < -0.39 is 0 Å². The van der Waals surface area contributed by atoms with Gasteiger partial charge in [-0.15, -0.1) is 0 Å². The number of anilines is 1. The lowest BCUT2D eigenvalue weighted by Gasteiger charge is -2.35. The van der Waals surface area contributed by atoms with Gasteiger partial charge in [-0.05, 0) is 25.5 Å². The van der Waals surface area contributed by atoms with Crippen LogP contribution in [0.3, 0.4) is 0 Å². The summed E-state index contributed by atoms with van der Waals surface area (Å²) in [4.78, 5) is 21.4. The summed E-state index contributed by atoms with van der Waals surface area (Å²) < 4.78 is 0. The molecule has 3 rings (SSSR count). The van der Waals surface area contributed by atoms with Crippen LogP contribution in [0.4, 0.5) is 5.69 Å². The predicted octanol–water partition coefficient (Wildman–Crippen LogP) is 1.90. The highest BCUT2D eigenvalue weighted by atomic mass is 16.1.